The number of ketones is 1. The number of fused-ring (bicyclic) bond motifs is 1. The highest BCUT2D eigenvalue weighted by Crippen LogP contribution is 2.37. The molecule has 0 N–H and O–H groups in total. The minimum Gasteiger partial charge on any atom is -0.461 e. The van der Waals surface area contributed by atoms with Crippen LogP contribution in [0.15, 0.2) is 22.7 Å². The van der Waals surface area contributed by atoms with Gasteiger partial charge in [-0.1, -0.05) is 19.8 Å². The Kier molecular flexibility index (Phi) is 7.40. The Morgan fingerprint density at radius 1 is 1.32 bits per heavy atom. The number of hydrogen-bond acceptors (Lipinski definition) is 6. The number of Topliss-reactive ketones (excluding diaryl/α,β-unsaturated/α-hetero) is 1. The number of rotatable bonds is 14. The van der Waals surface area contributed by atoms with E-state index >= 15 is 0 Å². The molecule has 2 aliphatic rings. The number of carbonyl (C=O) groups excluding carboxylic acids is 1. The Balaban J connectivity index is 1.56. The van der Waals surface area contributed by atoms with E-state index in [2.05, 4.69) is 18.0 Å². The maximum absolute atomic E-state index is 13.0. The van der Waals surface area contributed by atoms with Crippen LogP contribution in [0.2, 0.25) is 0 Å². The topological polar surface area (TPSA) is 61.6 Å². The molecule has 2 aliphatic carbocycles. The van der Waals surface area contributed by atoms with Gasteiger partial charge in [-0.2, -0.15) is 11.8 Å². The fraction of sp³-hybridized carbons (Fsp3) is 0.680. The average molecular weight is 446 g/mol. The van der Waals surface area contributed by atoms with E-state index < -0.39 is 5.60 Å². The smallest absolute Gasteiger partial charge is 0.162 e. The second-order valence-electron chi connectivity index (χ2n) is 9.42. The van der Waals surface area contributed by atoms with Gasteiger partial charge in [0.05, 0.1) is 5.69 Å². The molecule has 0 aliphatic heterocycles. The normalized spacial score (nSPS) is 19.5. The van der Waals surface area contributed by atoms with E-state index in [9.17, 15) is 4.79 Å². The summed E-state index contributed by atoms with van der Waals surface area (Å²) in [5.41, 5.74) is 0.749. The highest BCUT2D eigenvalue weighted by molar-refractivity contribution is 7.99. The van der Waals surface area contributed by atoms with Crippen LogP contribution >= 0.6 is 11.8 Å². The first-order chi connectivity index (χ1) is 15.0. The van der Waals surface area contributed by atoms with Gasteiger partial charge in [-0.25, -0.2) is 0 Å². The lowest BCUT2D eigenvalue weighted by Crippen LogP contribution is -2.50. The SMILES string of the molecule is COCOC(Cc1nccc2oc(CCC3CC3)cc12)(C(C)=O)[C@@H](C)CSCC1CC1. The zero-order chi connectivity index (χ0) is 21.8. The molecule has 2 fully saturated rings. The molecular formula is C25H35NO4S. The summed E-state index contributed by atoms with van der Waals surface area (Å²) < 4.78 is 17.5. The Bertz CT molecular complexity index is 889. The number of nitrogens with zero attached hydrogens (tertiary/aromatic N) is 1. The van der Waals surface area contributed by atoms with Gasteiger partial charge in [0.1, 0.15) is 23.7 Å². The first-order valence-electron chi connectivity index (χ1n) is 11.6. The van der Waals surface area contributed by atoms with Crippen LogP contribution in [0.5, 0.6) is 0 Å². The van der Waals surface area contributed by atoms with E-state index in [1.165, 1.54) is 37.9 Å². The average Bonchev–Trinajstić information content (AvgIpc) is 3.68. The maximum Gasteiger partial charge on any atom is 0.162 e. The minimum absolute atomic E-state index is 0.0281. The summed E-state index contributed by atoms with van der Waals surface area (Å²) >= 11 is 1.93. The summed E-state index contributed by atoms with van der Waals surface area (Å²) in [6.45, 7) is 3.84. The fourth-order valence-corrected chi connectivity index (χ4v) is 5.70. The number of carbonyl (C=O) groups is 1. The van der Waals surface area contributed by atoms with Crippen LogP contribution in [0.3, 0.4) is 0 Å². The first kappa shape index (κ1) is 22.8. The van der Waals surface area contributed by atoms with E-state index in [0.29, 0.717) is 6.42 Å². The van der Waals surface area contributed by atoms with E-state index in [0.717, 1.165) is 46.4 Å². The molecule has 2 saturated carbocycles. The quantitative estimate of drug-likeness (QED) is 0.361. The molecule has 170 valence electrons. The predicted molar refractivity (Wildman–Crippen MR) is 124 cm³/mol. The van der Waals surface area contributed by atoms with Crippen molar-refractivity contribution in [2.45, 2.75) is 64.4 Å². The first-order valence-corrected chi connectivity index (χ1v) is 12.7. The Hall–Kier alpha value is -1.37. The molecule has 4 rings (SSSR count). The van der Waals surface area contributed by atoms with Crippen LogP contribution in [0.4, 0.5) is 0 Å². The second-order valence-corrected chi connectivity index (χ2v) is 10.5. The van der Waals surface area contributed by atoms with E-state index in [-0.39, 0.29) is 18.5 Å². The Labute approximate surface area is 189 Å². The third kappa shape index (κ3) is 5.71. The summed E-state index contributed by atoms with van der Waals surface area (Å²) in [5.74, 6) is 4.86. The van der Waals surface area contributed by atoms with Crippen molar-refractivity contribution in [3.8, 4) is 0 Å². The predicted octanol–water partition coefficient (Wildman–Crippen LogP) is 5.44. The maximum atomic E-state index is 13.0. The van der Waals surface area contributed by atoms with Gasteiger partial charge in [0, 0.05) is 37.5 Å². The summed E-state index contributed by atoms with van der Waals surface area (Å²) in [6.07, 6.45) is 9.74. The summed E-state index contributed by atoms with van der Waals surface area (Å²) in [7, 11) is 1.60. The molecule has 1 unspecified atom stereocenters. The highest BCUT2D eigenvalue weighted by Gasteiger charge is 2.43. The summed E-state index contributed by atoms with van der Waals surface area (Å²) in [6, 6.07) is 4.04. The molecule has 0 amide bonds. The standard InChI is InChI=1S/C25H35NO4S/c1-17(14-31-15-20-6-7-20)25(18(2)27,29-16-28-3)13-23-22-12-21(9-8-19-4-5-19)30-24(22)10-11-26-23/h10-12,17,19-20H,4-9,13-16H2,1-3H3/t17-,25?/m0/s1. The number of aryl methyl sites for hydroxylation is 1. The van der Waals surface area contributed by atoms with Crippen molar-refractivity contribution in [1.29, 1.82) is 0 Å². The van der Waals surface area contributed by atoms with Crippen LogP contribution in [-0.4, -0.2) is 41.8 Å². The monoisotopic (exact) mass is 445 g/mol. The lowest BCUT2D eigenvalue weighted by Gasteiger charge is -2.36. The molecule has 0 saturated heterocycles. The molecule has 0 aromatic carbocycles. The molecule has 0 bridgehead atoms. The van der Waals surface area contributed by atoms with Gasteiger partial charge in [-0.3, -0.25) is 9.78 Å². The van der Waals surface area contributed by atoms with Crippen molar-refractivity contribution in [2.24, 2.45) is 17.8 Å². The molecule has 31 heavy (non-hydrogen) atoms. The Morgan fingerprint density at radius 2 is 2.10 bits per heavy atom. The lowest BCUT2D eigenvalue weighted by molar-refractivity contribution is -0.171. The lowest BCUT2D eigenvalue weighted by atomic mass is 9.81. The van der Waals surface area contributed by atoms with Gasteiger partial charge >= 0.3 is 0 Å². The van der Waals surface area contributed by atoms with Crippen molar-refractivity contribution in [3.05, 3.63) is 29.8 Å². The number of thioether (sulfide) groups is 1. The number of aromatic nitrogens is 1. The fourth-order valence-electron chi connectivity index (χ4n) is 4.27. The van der Waals surface area contributed by atoms with Crippen LogP contribution in [-0.2, 0) is 27.1 Å². The minimum atomic E-state index is -0.959. The van der Waals surface area contributed by atoms with Crippen LogP contribution in [0, 0.1) is 17.8 Å². The molecule has 2 atom stereocenters. The number of methoxy groups -OCH3 is 1. The van der Waals surface area contributed by atoms with Gasteiger partial charge < -0.3 is 13.9 Å². The van der Waals surface area contributed by atoms with Gasteiger partial charge in [-0.05, 0) is 61.7 Å². The molecule has 5 nitrogen and oxygen atoms in total. The van der Waals surface area contributed by atoms with Crippen molar-refractivity contribution in [2.75, 3.05) is 25.4 Å². The molecule has 0 radical (unpaired) electrons. The van der Waals surface area contributed by atoms with E-state index in [1.807, 2.05) is 17.8 Å². The van der Waals surface area contributed by atoms with Gasteiger partial charge in [0.25, 0.3) is 0 Å². The molecule has 2 heterocycles. The number of pyridine rings is 1. The summed E-state index contributed by atoms with van der Waals surface area (Å²) in [5, 5.41) is 0.998. The zero-order valence-corrected chi connectivity index (χ0v) is 19.8. The third-order valence-electron chi connectivity index (χ3n) is 6.75. The number of ether oxygens (including phenoxy) is 2. The van der Waals surface area contributed by atoms with Crippen molar-refractivity contribution < 1.29 is 18.7 Å². The third-order valence-corrected chi connectivity index (χ3v) is 8.19. The zero-order valence-electron chi connectivity index (χ0n) is 19.0. The van der Waals surface area contributed by atoms with E-state index in [1.54, 1.807) is 20.2 Å². The largest absolute Gasteiger partial charge is 0.461 e. The molecule has 0 spiro atoms. The van der Waals surface area contributed by atoms with Crippen LogP contribution in [0.1, 0.15) is 57.4 Å². The van der Waals surface area contributed by atoms with Gasteiger partial charge in [0.2, 0.25) is 0 Å². The molecule has 2 aromatic heterocycles. The highest BCUT2D eigenvalue weighted by atomic mass is 32.2. The summed E-state index contributed by atoms with van der Waals surface area (Å²) in [4.78, 5) is 17.7. The van der Waals surface area contributed by atoms with Crippen molar-refractivity contribution in [1.82, 2.24) is 4.98 Å². The molecule has 2 aromatic rings. The van der Waals surface area contributed by atoms with Crippen LogP contribution in [0.25, 0.3) is 11.0 Å². The van der Waals surface area contributed by atoms with Gasteiger partial charge in [-0.15, -0.1) is 0 Å². The number of hydrogen-bond donors (Lipinski definition) is 0. The van der Waals surface area contributed by atoms with Crippen LogP contribution < -0.4 is 0 Å². The second kappa shape index (κ2) is 10.1. The Morgan fingerprint density at radius 3 is 2.77 bits per heavy atom. The van der Waals surface area contributed by atoms with E-state index in [4.69, 9.17) is 13.9 Å². The van der Waals surface area contributed by atoms with Crippen molar-refractivity contribution >= 4 is 28.5 Å². The number of furan rings is 1. The van der Waals surface area contributed by atoms with Crippen molar-refractivity contribution in [3.63, 3.8) is 0 Å². The molecule has 6 heteroatoms. The molecular weight excluding hydrogens is 410 g/mol. The van der Waals surface area contributed by atoms with Gasteiger partial charge in [0.15, 0.2) is 5.78 Å².